The molecule has 3 saturated heterocycles. The second-order valence-corrected chi connectivity index (χ2v) is 17.9. The maximum atomic E-state index is 12.5. The molecular formula is C53H55ClF3N7O5S. The number of hydrogen-bond acceptors (Lipinski definition) is 10. The van der Waals surface area contributed by atoms with Crippen molar-refractivity contribution < 1.29 is 37.0 Å². The van der Waals surface area contributed by atoms with Crippen LogP contribution >= 0.6 is 23.4 Å². The number of nitrogens with one attached hydrogen (secondary N) is 6. The first-order valence-corrected chi connectivity index (χ1v) is 24.5. The number of aromatic nitrogens is 1. The van der Waals surface area contributed by atoms with E-state index < -0.39 is 17.8 Å². The van der Waals surface area contributed by atoms with E-state index in [9.17, 15) is 27.6 Å². The Labute approximate surface area is 414 Å². The quantitative estimate of drug-likeness (QED) is 0.0731. The largest absolute Gasteiger partial charge is 0.433 e. The minimum Gasteiger partial charge on any atom is -0.371 e. The van der Waals surface area contributed by atoms with E-state index in [4.69, 9.17) is 21.1 Å². The van der Waals surface area contributed by atoms with Crippen molar-refractivity contribution in [2.24, 2.45) is 0 Å². The number of carbonyl (C=O) groups excluding carboxylic acids is 3. The molecule has 3 aliphatic heterocycles. The zero-order valence-electron chi connectivity index (χ0n) is 38.5. The predicted octanol–water partition coefficient (Wildman–Crippen LogP) is 10.4. The lowest BCUT2D eigenvalue weighted by molar-refractivity contribution is -0.141. The Hall–Kier alpha value is -6.11. The average molecular weight is 995 g/mol. The predicted molar refractivity (Wildman–Crippen MR) is 270 cm³/mol. The third-order valence-electron chi connectivity index (χ3n) is 11.6. The Balaban J connectivity index is 0.000000155. The molecule has 0 bridgehead atoms. The van der Waals surface area contributed by atoms with Gasteiger partial charge in [-0.1, -0.05) is 54.1 Å². The van der Waals surface area contributed by atoms with E-state index in [1.807, 2.05) is 91.2 Å². The highest BCUT2D eigenvalue weighted by Gasteiger charge is 2.32. The lowest BCUT2D eigenvalue weighted by Crippen LogP contribution is -2.33. The SMILES string of the molecule is CSc1ccc(C(=O)Nc2ccc([C@@H]3CNCCO3)cc2)cc1.O=C(Nc1ccc([C@H]2CCCNC2)cc1)c1ccc(C(F)(F)F)nc1.O=C(Nc1ccc([C@H]2CNCCO2)cc1)c1cccc(Cl)c1. The second-order valence-electron chi connectivity index (χ2n) is 16.6. The van der Waals surface area contributed by atoms with E-state index in [0.717, 1.165) is 111 Å². The van der Waals surface area contributed by atoms with Crippen molar-refractivity contribution in [3.8, 4) is 0 Å². The van der Waals surface area contributed by atoms with Gasteiger partial charge in [-0.2, -0.15) is 13.2 Å². The van der Waals surface area contributed by atoms with Gasteiger partial charge in [-0.05, 0) is 139 Å². The molecule has 5 aromatic carbocycles. The Morgan fingerprint density at radius 3 is 1.56 bits per heavy atom. The summed E-state index contributed by atoms with van der Waals surface area (Å²) in [5.41, 5.74) is 5.83. The van der Waals surface area contributed by atoms with Crippen LogP contribution in [0.2, 0.25) is 5.02 Å². The number of rotatable bonds is 10. The van der Waals surface area contributed by atoms with Crippen LogP contribution in [0.3, 0.4) is 0 Å². The maximum absolute atomic E-state index is 12.5. The van der Waals surface area contributed by atoms with Crippen molar-refractivity contribution >= 4 is 58.1 Å². The summed E-state index contributed by atoms with van der Waals surface area (Å²) in [4.78, 5) is 41.0. The number of pyridine rings is 1. The summed E-state index contributed by atoms with van der Waals surface area (Å²) in [6.45, 7) is 6.88. The number of piperidine rings is 1. The summed E-state index contributed by atoms with van der Waals surface area (Å²) >= 11 is 7.56. The van der Waals surface area contributed by atoms with Gasteiger partial charge in [0.05, 0.1) is 31.0 Å². The lowest BCUT2D eigenvalue weighted by Gasteiger charge is -2.24. The van der Waals surface area contributed by atoms with Crippen molar-refractivity contribution in [3.63, 3.8) is 0 Å². The topological polar surface area (TPSA) is 155 Å². The van der Waals surface area contributed by atoms with Gasteiger partial charge >= 0.3 is 6.18 Å². The van der Waals surface area contributed by atoms with Crippen LogP contribution in [0.25, 0.3) is 0 Å². The van der Waals surface area contributed by atoms with Gasteiger partial charge in [-0.15, -0.1) is 11.8 Å². The van der Waals surface area contributed by atoms with E-state index in [1.165, 1.54) is 5.56 Å². The van der Waals surface area contributed by atoms with Crippen molar-refractivity contribution in [3.05, 3.63) is 184 Å². The fraction of sp³-hybridized carbons (Fsp3) is 0.283. The van der Waals surface area contributed by atoms with Gasteiger partial charge in [0.2, 0.25) is 0 Å². The number of ether oxygens (including phenoxy) is 2. The Morgan fingerprint density at radius 2 is 1.11 bits per heavy atom. The van der Waals surface area contributed by atoms with E-state index in [1.54, 1.807) is 48.2 Å². The van der Waals surface area contributed by atoms with Crippen molar-refractivity contribution in [1.29, 1.82) is 0 Å². The van der Waals surface area contributed by atoms with Crippen LogP contribution in [0.15, 0.2) is 145 Å². The van der Waals surface area contributed by atoms with Gasteiger partial charge < -0.3 is 41.4 Å². The first-order chi connectivity index (χ1) is 33.9. The molecule has 3 fully saturated rings. The fourth-order valence-electron chi connectivity index (χ4n) is 7.77. The number of halogens is 4. The summed E-state index contributed by atoms with van der Waals surface area (Å²) in [6, 6.07) is 39.5. The van der Waals surface area contributed by atoms with E-state index in [-0.39, 0.29) is 29.6 Å². The number of alkyl halides is 3. The number of hydrogen-bond donors (Lipinski definition) is 6. The van der Waals surface area contributed by atoms with E-state index in [0.29, 0.717) is 27.8 Å². The molecule has 0 spiro atoms. The zero-order chi connectivity index (χ0) is 49.3. The van der Waals surface area contributed by atoms with Gasteiger partial charge in [-0.3, -0.25) is 19.4 Å². The number of benzene rings is 5. The molecule has 3 atom stereocenters. The number of carbonyl (C=O) groups is 3. The molecule has 1 aromatic heterocycles. The fourth-order valence-corrected chi connectivity index (χ4v) is 8.37. The standard InChI is InChI=1S/C18H18F3N3O.C18H20N2O2S.C17H17ClN2O2/c19-18(20,21)16-8-5-14(11-23-16)17(25)24-15-6-3-12(4-7-15)13-2-1-9-22-10-13;1-23-16-8-4-14(5-9-16)18(21)20-15-6-2-13(3-7-15)17-12-19-10-11-22-17;18-14-3-1-2-13(10-14)17(21)20-15-6-4-12(5-7-15)16-11-19-8-9-22-16/h3-8,11,13,22H,1-2,9-10H2,(H,24,25);2-9,17,19H,10-12H2,1H3,(H,20,21);1-7,10,16,19H,8-9,11H2,(H,20,21)/t13-;17-;16-/m001/s1. The molecule has 4 heterocycles. The summed E-state index contributed by atoms with van der Waals surface area (Å²) in [5.74, 6) is -0.294. The Kier molecular flexibility index (Phi) is 19.0. The zero-order valence-corrected chi connectivity index (χ0v) is 40.1. The summed E-state index contributed by atoms with van der Waals surface area (Å²) in [6.07, 6.45) is 0.875. The molecule has 366 valence electrons. The molecule has 0 unspecified atom stereocenters. The number of thioether (sulfide) groups is 1. The van der Waals surface area contributed by atoms with Crippen LogP contribution in [0, 0.1) is 0 Å². The first kappa shape index (κ1) is 51.7. The minimum atomic E-state index is -4.52. The van der Waals surface area contributed by atoms with Crippen molar-refractivity contribution in [1.82, 2.24) is 20.9 Å². The normalized spacial score (nSPS) is 17.9. The second kappa shape index (κ2) is 25.7. The highest BCUT2D eigenvalue weighted by Crippen LogP contribution is 2.29. The highest BCUT2D eigenvalue weighted by molar-refractivity contribution is 7.98. The highest BCUT2D eigenvalue weighted by atomic mass is 35.5. The monoisotopic (exact) mass is 993 g/mol. The number of anilines is 3. The van der Waals surface area contributed by atoms with Crippen LogP contribution in [0.4, 0.5) is 30.2 Å². The third-order valence-corrected chi connectivity index (χ3v) is 12.6. The lowest BCUT2D eigenvalue weighted by atomic mass is 9.91. The Bertz CT molecular complexity index is 2610. The molecule has 70 heavy (non-hydrogen) atoms. The van der Waals surface area contributed by atoms with E-state index >= 15 is 0 Å². The number of nitrogens with zero attached hydrogens (tertiary/aromatic N) is 1. The van der Waals surface area contributed by atoms with Gasteiger partial charge in [0.1, 0.15) is 5.69 Å². The van der Waals surface area contributed by atoms with Gasteiger partial charge in [0.15, 0.2) is 0 Å². The number of amides is 3. The van der Waals surface area contributed by atoms with Gasteiger partial charge in [0.25, 0.3) is 17.7 Å². The molecule has 0 aliphatic carbocycles. The van der Waals surface area contributed by atoms with E-state index in [2.05, 4.69) is 36.9 Å². The molecule has 3 amide bonds. The molecule has 0 radical (unpaired) electrons. The molecule has 12 nitrogen and oxygen atoms in total. The molecule has 0 saturated carbocycles. The van der Waals surface area contributed by atoms with Crippen LogP contribution in [0.5, 0.6) is 0 Å². The van der Waals surface area contributed by atoms with Gasteiger partial charge in [0, 0.05) is 77.0 Å². The molecule has 9 rings (SSSR count). The molecule has 3 aliphatic rings. The summed E-state index contributed by atoms with van der Waals surface area (Å²) in [7, 11) is 0. The third kappa shape index (κ3) is 15.4. The smallest absolute Gasteiger partial charge is 0.371 e. The van der Waals surface area contributed by atoms with Crippen molar-refractivity contribution in [2.75, 3.05) is 74.7 Å². The van der Waals surface area contributed by atoms with Crippen LogP contribution in [-0.4, -0.2) is 81.4 Å². The molecular weight excluding hydrogens is 939 g/mol. The molecule has 6 N–H and O–H groups in total. The summed E-state index contributed by atoms with van der Waals surface area (Å²) in [5, 5.41) is 19.0. The van der Waals surface area contributed by atoms with Crippen LogP contribution < -0.4 is 31.9 Å². The van der Waals surface area contributed by atoms with Crippen LogP contribution in [0.1, 0.15) is 84.4 Å². The van der Waals surface area contributed by atoms with Crippen LogP contribution in [-0.2, 0) is 15.7 Å². The van der Waals surface area contributed by atoms with Gasteiger partial charge in [-0.25, -0.2) is 0 Å². The Morgan fingerprint density at radius 1 is 0.614 bits per heavy atom. The summed E-state index contributed by atoms with van der Waals surface area (Å²) < 4.78 is 48.9. The average Bonchev–Trinajstić information content (AvgIpc) is 3.40. The van der Waals surface area contributed by atoms with Crippen molar-refractivity contribution in [2.45, 2.75) is 42.0 Å². The first-order valence-electron chi connectivity index (χ1n) is 22.9. The minimum absolute atomic E-state index is 0.0754. The molecule has 17 heteroatoms. The molecule has 6 aromatic rings. The number of morpholine rings is 2. The maximum Gasteiger partial charge on any atom is 0.433 e.